The molecule has 5 nitrogen and oxygen atoms in total. The van der Waals surface area contributed by atoms with Gasteiger partial charge in [0.2, 0.25) is 0 Å². The number of aromatic nitrogens is 3. The molecule has 1 atom stereocenters. The molecule has 1 aliphatic rings. The number of thioether (sulfide) groups is 1. The smallest absolute Gasteiger partial charge is 0.190 e. The fraction of sp³-hybridized carbons (Fsp3) is 0.700. The third-order valence-corrected chi connectivity index (χ3v) is 3.86. The summed E-state index contributed by atoms with van der Waals surface area (Å²) in [6, 6.07) is 2.87. The highest BCUT2D eigenvalue weighted by atomic mass is 32.2. The van der Waals surface area contributed by atoms with E-state index in [1.165, 1.54) is 12.8 Å². The van der Waals surface area contributed by atoms with Crippen molar-refractivity contribution < 1.29 is 0 Å². The third kappa shape index (κ3) is 2.74. The molecule has 1 saturated carbocycles. The van der Waals surface area contributed by atoms with Gasteiger partial charge in [-0.1, -0.05) is 11.8 Å². The second-order valence-electron chi connectivity index (χ2n) is 4.38. The Morgan fingerprint density at radius 1 is 1.75 bits per heavy atom. The standard InChI is InChI=1S/C10H15N5S/c1-10(5-11,13-8-3-4-8)6-16-9-14-12-7-15(9)2/h7-8,13H,3-4,6H2,1-2H3. The maximum Gasteiger partial charge on any atom is 0.190 e. The van der Waals surface area contributed by atoms with Gasteiger partial charge in [0.25, 0.3) is 0 Å². The number of rotatable bonds is 5. The van der Waals surface area contributed by atoms with Crippen molar-refractivity contribution in [2.24, 2.45) is 7.05 Å². The zero-order chi connectivity index (χ0) is 11.6. The number of hydrogen-bond acceptors (Lipinski definition) is 5. The molecule has 2 rings (SSSR count). The zero-order valence-corrected chi connectivity index (χ0v) is 10.3. The predicted molar refractivity (Wildman–Crippen MR) is 61.9 cm³/mol. The summed E-state index contributed by atoms with van der Waals surface area (Å²) in [5.41, 5.74) is -0.474. The minimum atomic E-state index is -0.474. The van der Waals surface area contributed by atoms with Gasteiger partial charge in [0.05, 0.1) is 6.07 Å². The van der Waals surface area contributed by atoms with Crippen LogP contribution in [0.5, 0.6) is 0 Å². The Balaban J connectivity index is 1.92. The largest absolute Gasteiger partial charge is 0.312 e. The van der Waals surface area contributed by atoms with Gasteiger partial charge in [-0.05, 0) is 19.8 Å². The molecular formula is C10H15N5S. The van der Waals surface area contributed by atoms with E-state index in [0.29, 0.717) is 11.8 Å². The Kier molecular flexibility index (Phi) is 3.17. The fourth-order valence-corrected chi connectivity index (χ4v) is 2.32. The maximum atomic E-state index is 9.19. The van der Waals surface area contributed by atoms with E-state index in [9.17, 15) is 5.26 Å². The number of nitriles is 1. The van der Waals surface area contributed by atoms with Gasteiger partial charge in [0, 0.05) is 18.8 Å². The molecule has 16 heavy (non-hydrogen) atoms. The van der Waals surface area contributed by atoms with Gasteiger partial charge in [-0.2, -0.15) is 5.26 Å². The molecule has 1 aromatic rings. The van der Waals surface area contributed by atoms with Gasteiger partial charge in [-0.3, -0.25) is 5.32 Å². The van der Waals surface area contributed by atoms with E-state index in [1.807, 2.05) is 18.5 Å². The van der Waals surface area contributed by atoms with Crippen molar-refractivity contribution in [2.75, 3.05) is 5.75 Å². The van der Waals surface area contributed by atoms with Crippen LogP contribution in [0.25, 0.3) is 0 Å². The molecular weight excluding hydrogens is 222 g/mol. The lowest BCUT2D eigenvalue weighted by Crippen LogP contribution is -2.44. The van der Waals surface area contributed by atoms with Gasteiger partial charge in [0.1, 0.15) is 11.9 Å². The predicted octanol–water partition coefficient (Wildman–Crippen LogP) is 0.941. The first-order valence-corrected chi connectivity index (χ1v) is 6.27. The van der Waals surface area contributed by atoms with Crippen LogP contribution in [0.1, 0.15) is 19.8 Å². The Hall–Kier alpha value is -1.06. The first-order valence-electron chi connectivity index (χ1n) is 5.29. The average molecular weight is 237 g/mol. The molecule has 1 unspecified atom stereocenters. The zero-order valence-electron chi connectivity index (χ0n) is 9.47. The monoisotopic (exact) mass is 237 g/mol. The number of nitrogens with zero attached hydrogens (tertiary/aromatic N) is 4. The van der Waals surface area contributed by atoms with Crippen LogP contribution in [-0.2, 0) is 7.05 Å². The van der Waals surface area contributed by atoms with Crippen molar-refractivity contribution in [1.82, 2.24) is 20.1 Å². The van der Waals surface area contributed by atoms with E-state index in [1.54, 1.807) is 18.1 Å². The quantitative estimate of drug-likeness (QED) is 0.772. The topological polar surface area (TPSA) is 66.5 Å². The normalized spacial score (nSPS) is 19.1. The van der Waals surface area contributed by atoms with Gasteiger partial charge in [-0.25, -0.2) is 0 Å². The van der Waals surface area contributed by atoms with Crippen LogP contribution in [-0.4, -0.2) is 32.1 Å². The van der Waals surface area contributed by atoms with Crippen molar-refractivity contribution in [2.45, 2.75) is 36.5 Å². The molecule has 1 aromatic heterocycles. The van der Waals surface area contributed by atoms with Crippen LogP contribution >= 0.6 is 11.8 Å². The molecule has 1 aliphatic carbocycles. The summed E-state index contributed by atoms with van der Waals surface area (Å²) in [5.74, 6) is 0.687. The lowest BCUT2D eigenvalue weighted by atomic mass is 10.1. The van der Waals surface area contributed by atoms with E-state index in [-0.39, 0.29) is 0 Å². The highest BCUT2D eigenvalue weighted by Gasteiger charge is 2.32. The van der Waals surface area contributed by atoms with Crippen molar-refractivity contribution in [1.29, 1.82) is 5.26 Å². The summed E-state index contributed by atoms with van der Waals surface area (Å²) in [6.45, 7) is 1.94. The van der Waals surface area contributed by atoms with E-state index in [4.69, 9.17) is 0 Å². The summed E-state index contributed by atoms with van der Waals surface area (Å²) in [4.78, 5) is 0. The van der Waals surface area contributed by atoms with Crippen molar-refractivity contribution in [3.05, 3.63) is 6.33 Å². The number of hydrogen-bond donors (Lipinski definition) is 1. The summed E-state index contributed by atoms with van der Waals surface area (Å²) >= 11 is 1.56. The third-order valence-electron chi connectivity index (χ3n) is 2.51. The molecule has 0 saturated heterocycles. The van der Waals surface area contributed by atoms with Gasteiger partial charge in [0.15, 0.2) is 5.16 Å². The lowest BCUT2D eigenvalue weighted by Gasteiger charge is -2.22. The van der Waals surface area contributed by atoms with Crippen LogP contribution in [0.2, 0.25) is 0 Å². The van der Waals surface area contributed by atoms with Crippen LogP contribution in [0.3, 0.4) is 0 Å². The van der Waals surface area contributed by atoms with Gasteiger partial charge < -0.3 is 4.57 Å². The highest BCUT2D eigenvalue weighted by Crippen LogP contribution is 2.26. The van der Waals surface area contributed by atoms with Crippen LogP contribution in [0.4, 0.5) is 0 Å². The molecule has 0 amide bonds. The van der Waals surface area contributed by atoms with E-state index >= 15 is 0 Å². The van der Waals surface area contributed by atoms with E-state index in [0.717, 1.165) is 5.16 Å². The fourth-order valence-electron chi connectivity index (χ4n) is 1.40. The summed E-state index contributed by atoms with van der Waals surface area (Å²) in [6.07, 6.45) is 4.04. The summed E-state index contributed by atoms with van der Waals surface area (Å²) in [7, 11) is 1.90. The second kappa shape index (κ2) is 4.44. The molecule has 1 N–H and O–H groups in total. The Morgan fingerprint density at radius 2 is 2.50 bits per heavy atom. The van der Waals surface area contributed by atoms with E-state index < -0.39 is 5.54 Å². The molecule has 0 spiro atoms. The molecule has 86 valence electrons. The Labute approximate surface area is 99.2 Å². The molecule has 1 heterocycles. The Bertz CT molecular complexity index is 406. The minimum absolute atomic E-state index is 0.474. The van der Waals surface area contributed by atoms with E-state index in [2.05, 4.69) is 21.6 Å². The molecule has 6 heteroatoms. The SMILES string of the molecule is Cn1cnnc1SCC(C)(C#N)NC1CC1. The maximum absolute atomic E-state index is 9.19. The first kappa shape index (κ1) is 11.4. The van der Waals surface area contributed by atoms with Gasteiger partial charge in [-0.15, -0.1) is 10.2 Å². The Morgan fingerprint density at radius 3 is 3.00 bits per heavy atom. The molecule has 1 fully saturated rings. The van der Waals surface area contributed by atoms with Crippen LogP contribution in [0.15, 0.2) is 11.5 Å². The van der Waals surface area contributed by atoms with Crippen molar-refractivity contribution in [3.8, 4) is 6.07 Å². The average Bonchev–Trinajstić information content (AvgIpc) is 2.97. The van der Waals surface area contributed by atoms with Gasteiger partial charge >= 0.3 is 0 Å². The summed E-state index contributed by atoms with van der Waals surface area (Å²) < 4.78 is 1.86. The lowest BCUT2D eigenvalue weighted by molar-refractivity contribution is 0.490. The van der Waals surface area contributed by atoms with Crippen molar-refractivity contribution >= 4 is 11.8 Å². The second-order valence-corrected chi connectivity index (χ2v) is 5.32. The number of nitrogens with one attached hydrogen (secondary N) is 1. The molecule has 0 aromatic carbocycles. The molecule has 0 aliphatic heterocycles. The minimum Gasteiger partial charge on any atom is -0.312 e. The highest BCUT2D eigenvalue weighted by molar-refractivity contribution is 7.99. The summed E-state index contributed by atoms with van der Waals surface area (Å²) in [5, 5.41) is 21.2. The molecule has 0 bridgehead atoms. The van der Waals surface area contributed by atoms with Crippen LogP contribution in [0, 0.1) is 11.3 Å². The number of aryl methyl sites for hydroxylation is 1. The van der Waals surface area contributed by atoms with Crippen LogP contribution < -0.4 is 5.32 Å². The molecule has 0 radical (unpaired) electrons. The van der Waals surface area contributed by atoms with Crippen molar-refractivity contribution in [3.63, 3.8) is 0 Å². The first-order chi connectivity index (χ1) is 7.63.